The van der Waals surface area contributed by atoms with Crippen LogP contribution < -0.4 is 10.1 Å². The predicted octanol–water partition coefficient (Wildman–Crippen LogP) is 1.82. The van der Waals surface area contributed by atoms with Crippen molar-refractivity contribution in [1.29, 1.82) is 0 Å². The van der Waals surface area contributed by atoms with Gasteiger partial charge in [0, 0.05) is 0 Å². The molecule has 3 heteroatoms. The van der Waals surface area contributed by atoms with E-state index in [0.29, 0.717) is 11.4 Å². The minimum Gasteiger partial charge on any atom is -0.495 e. The molecular formula is C10H11NO2. The fraction of sp³-hybridized carbons (Fsp3) is 0.100. The Morgan fingerprint density at radius 1 is 1.54 bits per heavy atom. The molecule has 1 amide bonds. The zero-order chi connectivity index (χ0) is 9.68. The van der Waals surface area contributed by atoms with E-state index >= 15 is 0 Å². The molecule has 0 aliphatic heterocycles. The average molecular weight is 176 g/mol. The maximum absolute atomic E-state index is 11.0. The Morgan fingerprint density at radius 2 is 2.23 bits per heavy atom. The van der Waals surface area contributed by atoms with Crippen LogP contribution in [0.1, 0.15) is 0 Å². The van der Waals surface area contributed by atoms with E-state index in [1.54, 1.807) is 19.2 Å². The molecule has 68 valence electrons. The lowest BCUT2D eigenvalue weighted by atomic mass is 10.0. The fourth-order valence-corrected chi connectivity index (χ4v) is 0.932. The highest BCUT2D eigenvalue weighted by Crippen LogP contribution is 2.22. The fourth-order valence-electron chi connectivity index (χ4n) is 0.932. The number of carbonyl (C=O) groups is 1. The van der Waals surface area contributed by atoms with Crippen LogP contribution in [0.25, 0.3) is 0 Å². The zero-order valence-electron chi connectivity index (χ0n) is 7.41. The molecule has 0 aromatic heterocycles. The molecule has 0 unspecified atom stereocenters. The monoisotopic (exact) mass is 176 g/mol. The van der Waals surface area contributed by atoms with Crippen molar-refractivity contribution in [2.24, 2.45) is 0 Å². The summed E-state index contributed by atoms with van der Waals surface area (Å²) in [4.78, 5) is 11.0. The van der Waals surface area contributed by atoms with Gasteiger partial charge in [0.15, 0.2) is 0 Å². The van der Waals surface area contributed by atoms with Crippen molar-refractivity contribution in [3.8, 4) is 5.75 Å². The lowest BCUT2D eigenvalue weighted by Gasteiger charge is -2.07. The summed E-state index contributed by atoms with van der Waals surface area (Å²) in [5.41, 5.74) is 0.648. The Balaban J connectivity index is 2.86. The van der Waals surface area contributed by atoms with Gasteiger partial charge < -0.3 is 10.1 Å². The van der Waals surface area contributed by atoms with E-state index in [-0.39, 0.29) is 5.91 Å². The Kier molecular flexibility index (Phi) is 3.09. The molecule has 1 aromatic rings. The molecule has 0 saturated heterocycles. The lowest BCUT2D eigenvalue weighted by molar-refractivity contribution is -0.111. The molecular weight excluding hydrogens is 165 g/mol. The van der Waals surface area contributed by atoms with E-state index in [2.05, 4.69) is 11.9 Å². The molecule has 0 atom stereocenters. The minimum absolute atomic E-state index is 0.246. The normalized spacial score (nSPS) is 9.00. The summed E-state index contributed by atoms with van der Waals surface area (Å²) in [6.07, 6.45) is 1.21. The molecule has 1 N–H and O–H groups in total. The van der Waals surface area contributed by atoms with E-state index in [4.69, 9.17) is 4.74 Å². The summed E-state index contributed by atoms with van der Waals surface area (Å²) in [5.74, 6) is 0.391. The molecule has 0 saturated carbocycles. The van der Waals surface area contributed by atoms with Crippen LogP contribution in [-0.4, -0.2) is 13.0 Å². The summed E-state index contributed by atoms with van der Waals surface area (Å²) in [5, 5.41) is 2.63. The number of carbonyl (C=O) groups excluding carboxylic acids is 1. The smallest absolute Gasteiger partial charge is 0.247 e. The van der Waals surface area contributed by atoms with E-state index in [1.165, 1.54) is 6.08 Å². The second kappa shape index (κ2) is 4.30. The average Bonchev–Trinajstić information content (AvgIpc) is 2.18. The quantitative estimate of drug-likeness (QED) is 0.713. The Labute approximate surface area is 77.0 Å². The first kappa shape index (κ1) is 9.32. The van der Waals surface area contributed by atoms with Crippen molar-refractivity contribution in [1.82, 2.24) is 0 Å². The third-order valence-electron chi connectivity index (χ3n) is 1.55. The number of amides is 1. The van der Waals surface area contributed by atoms with Crippen LogP contribution in [-0.2, 0) is 4.79 Å². The molecule has 1 aromatic carbocycles. The number of anilines is 1. The summed E-state index contributed by atoms with van der Waals surface area (Å²) >= 11 is 0. The highest BCUT2D eigenvalue weighted by atomic mass is 16.5. The van der Waals surface area contributed by atoms with Crippen molar-refractivity contribution in [2.75, 3.05) is 12.4 Å². The van der Waals surface area contributed by atoms with Crippen LogP contribution in [0.4, 0.5) is 5.69 Å². The van der Waals surface area contributed by atoms with E-state index in [1.807, 2.05) is 12.1 Å². The van der Waals surface area contributed by atoms with Crippen LogP contribution in [0.5, 0.6) is 5.75 Å². The zero-order valence-corrected chi connectivity index (χ0v) is 7.41. The number of para-hydroxylation sites is 2. The number of benzene rings is 1. The predicted molar refractivity (Wildman–Crippen MR) is 51.8 cm³/mol. The highest BCUT2D eigenvalue weighted by Gasteiger charge is 2.02. The van der Waals surface area contributed by atoms with Crippen molar-refractivity contribution in [2.45, 2.75) is 0 Å². The van der Waals surface area contributed by atoms with Crippen molar-refractivity contribution < 1.29 is 9.53 Å². The SMILES string of the molecule is C=C[11C](=O)Nc1ccccc1OC. The molecule has 0 radical (unpaired) electrons. The van der Waals surface area contributed by atoms with Gasteiger partial charge in [0.1, 0.15) is 5.75 Å². The molecule has 0 aliphatic carbocycles. The molecule has 0 fully saturated rings. The van der Waals surface area contributed by atoms with Gasteiger partial charge in [0.05, 0.1) is 12.8 Å². The molecule has 0 spiro atoms. The number of hydrogen-bond acceptors (Lipinski definition) is 2. The van der Waals surface area contributed by atoms with Crippen LogP contribution >= 0.6 is 0 Å². The first-order valence-electron chi connectivity index (χ1n) is 3.84. The van der Waals surface area contributed by atoms with Gasteiger partial charge in [-0.3, -0.25) is 4.79 Å². The number of methoxy groups -OCH3 is 1. The van der Waals surface area contributed by atoms with Gasteiger partial charge in [-0.15, -0.1) is 0 Å². The topological polar surface area (TPSA) is 38.3 Å². The molecule has 13 heavy (non-hydrogen) atoms. The van der Waals surface area contributed by atoms with Gasteiger partial charge >= 0.3 is 0 Å². The number of nitrogens with one attached hydrogen (secondary N) is 1. The van der Waals surface area contributed by atoms with Gasteiger partial charge in [-0.1, -0.05) is 18.7 Å². The number of hydrogen-bond donors (Lipinski definition) is 1. The van der Waals surface area contributed by atoms with Crippen LogP contribution in [0.15, 0.2) is 36.9 Å². The van der Waals surface area contributed by atoms with E-state index in [0.717, 1.165) is 0 Å². The Bertz CT molecular complexity index is 320. The van der Waals surface area contributed by atoms with Crippen LogP contribution in [0.2, 0.25) is 0 Å². The number of ether oxygens (including phenoxy) is 1. The van der Waals surface area contributed by atoms with Crippen molar-refractivity contribution in [3.63, 3.8) is 0 Å². The highest BCUT2D eigenvalue weighted by molar-refractivity contribution is 5.99. The van der Waals surface area contributed by atoms with Crippen molar-refractivity contribution in [3.05, 3.63) is 36.9 Å². The second-order valence-corrected chi connectivity index (χ2v) is 2.39. The third-order valence-corrected chi connectivity index (χ3v) is 1.55. The van der Waals surface area contributed by atoms with Gasteiger partial charge in [0.2, 0.25) is 5.91 Å². The first-order valence-corrected chi connectivity index (χ1v) is 3.84. The summed E-state index contributed by atoms with van der Waals surface area (Å²) in [7, 11) is 1.55. The molecule has 3 nitrogen and oxygen atoms in total. The summed E-state index contributed by atoms with van der Waals surface area (Å²) in [6, 6.07) is 7.20. The van der Waals surface area contributed by atoms with Crippen LogP contribution in [0.3, 0.4) is 0 Å². The van der Waals surface area contributed by atoms with Crippen molar-refractivity contribution >= 4 is 11.6 Å². The maximum atomic E-state index is 11.0. The lowest BCUT2D eigenvalue weighted by Crippen LogP contribution is -2.08. The molecule has 1 rings (SSSR count). The maximum Gasteiger partial charge on any atom is 0.247 e. The van der Waals surface area contributed by atoms with E-state index < -0.39 is 0 Å². The Morgan fingerprint density at radius 3 is 2.85 bits per heavy atom. The number of rotatable bonds is 3. The summed E-state index contributed by atoms with van der Waals surface area (Å²) in [6.45, 7) is 3.36. The van der Waals surface area contributed by atoms with Gasteiger partial charge in [-0.2, -0.15) is 0 Å². The van der Waals surface area contributed by atoms with Crippen LogP contribution in [0, 0.1) is 0 Å². The third kappa shape index (κ3) is 2.33. The molecule has 0 heterocycles. The first-order chi connectivity index (χ1) is 6.27. The Hall–Kier alpha value is -1.77. The van der Waals surface area contributed by atoms with Gasteiger partial charge in [-0.05, 0) is 18.2 Å². The molecule has 0 bridgehead atoms. The summed E-state index contributed by atoms with van der Waals surface area (Å²) < 4.78 is 5.04. The second-order valence-electron chi connectivity index (χ2n) is 2.39. The minimum atomic E-state index is -0.246. The largest absolute Gasteiger partial charge is 0.495 e. The van der Waals surface area contributed by atoms with Gasteiger partial charge in [-0.25, -0.2) is 0 Å². The standard InChI is InChI=1S/C10H11NO2/c1-3-10(12)11-8-6-4-5-7-9(8)13-2/h3-7H,1H2,2H3,(H,11,12)/i10-1. The van der Waals surface area contributed by atoms with Gasteiger partial charge in [0.25, 0.3) is 0 Å². The van der Waals surface area contributed by atoms with E-state index in [9.17, 15) is 4.79 Å². The molecule has 0 aliphatic rings.